The first-order valence-electron chi connectivity index (χ1n) is 10.2. The van der Waals surface area contributed by atoms with E-state index in [0.717, 1.165) is 4.90 Å². The highest BCUT2D eigenvalue weighted by Crippen LogP contribution is 2.31. The van der Waals surface area contributed by atoms with E-state index in [-0.39, 0.29) is 21.9 Å². The summed E-state index contributed by atoms with van der Waals surface area (Å²) in [5, 5.41) is 5.72. The van der Waals surface area contributed by atoms with Crippen molar-refractivity contribution < 1.29 is 23.9 Å². The summed E-state index contributed by atoms with van der Waals surface area (Å²) < 4.78 is 4.69. The third-order valence-electron chi connectivity index (χ3n) is 5.05. The van der Waals surface area contributed by atoms with Crippen LogP contribution in [-0.4, -0.2) is 30.8 Å². The lowest BCUT2D eigenvalue weighted by atomic mass is 10.1. The molecule has 8 nitrogen and oxygen atoms in total. The minimum absolute atomic E-state index is 0.116. The molecule has 0 bridgehead atoms. The maximum absolute atomic E-state index is 12.9. The summed E-state index contributed by atoms with van der Waals surface area (Å²) in [6, 6.07) is 18.8. The van der Waals surface area contributed by atoms with Crippen molar-refractivity contribution in [2.45, 2.75) is 0 Å². The van der Waals surface area contributed by atoms with Crippen LogP contribution in [-0.2, 0) is 14.3 Å². The van der Waals surface area contributed by atoms with Gasteiger partial charge < -0.3 is 15.4 Å². The summed E-state index contributed by atoms with van der Waals surface area (Å²) >= 11 is 12.1. The van der Waals surface area contributed by atoms with Crippen molar-refractivity contribution in [2.24, 2.45) is 0 Å². The highest BCUT2D eigenvalue weighted by molar-refractivity contribution is 6.53. The third-order valence-corrected chi connectivity index (χ3v) is 5.65. The van der Waals surface area contributed by atoms with Gasteiger partial charge in [0.15, 0.2) is 0 Å². The molecule has 0 spiro atoms. The summed E-state index contributed by atoms with van der Waals surface area (Å²) in [6.45, 7) is 0. The van der Waals surface area contributed by atoms with Gasteiger partial charge in [-0.1, -0.05) is 35.3 Å². The van der Waals surface area contributed by atoms with Crippen LogP contribution in [0.25, 0.3) is 0 Å². The number of halogens is 2. The van der Waals surface area contributed by atoms with Crippen molar-refractivity contribution in [3.63, 3.8) is 0 Å². The number of ether oxygens (including phenoxy) is 1. The number of nitrogens with zero attached hydrogens (tertiary/aromatic N) is 1. The molecule has 3 aromatic carbocycles. The number of hydrogen-bond acceptors (Lipinski definition) is 6. The Kier molecular flexibility index (Phi) is 6.86. The minimum Gasteiger partial charge on any atom is -0.465 e. The number of amides is 3. The van der Waals surface area contributed by atoms with Crippen LogP contribution >= 0.6 is 23.2 Å². The Morgan fingerprint density at radius 1 is 0.829 bits per heavy atom. The summed E-state index contributed by atoms with van der Waals surface area (Å²) in [5.41, 5.74) is 1.53. The van der Waals surface area contributed by atoms with Crippen molar-refractivity contribution in [1.82, 2.24) is 0 Å². The van der Waals surface area contributed by atoms with Crippen molar-refractivity contribution in [3.8, 4) is 0 Å². The Labute approximate surface area is 210 Å². The molecule has 176 valence electrons. The number of nitrogens with one attached hydrogen (secondary N) is 2. The number of rotatable bonds is 6. The Hall–Kier alpha value is -4.14. The van der Waals surface area contributed by atoms with Gasteiger partial charge in [-0.2, -0.15) is 0 Å². The average molecular weight is 510 g/mol. The van der Waals surface area contributed by atoms with Gasteiger partial charge in [-0.25, -0.2) is 9.69 Å². The molecule has 0 aliphatic carbocycles. The molecule has 1 aliphatic heterocycles. The monoisotopic (exact) mass is 509 g/mol. The highest BCUT2D eigenvalue weighted by atomic mass is 35.5. The van der Waals surface area contributed by atoms with Gasteiger partial charge in [0.25, 0.3) is 17.7 Å². The highest BCUT2D eigenvalue weighted by Gasteiger charge is 2.39. The fourth-order valence-corrected chi connectivity index (χ4v) is 3.70. The van der Waals surface area contributed by atoms with E-state index >= 15 is 0 Å². The number of hydrogen-bond donors (Lipinski definition) is 2. The number of methoxy groups -OCH3 is 1. The predicted molar refractivity (Wildman–Crippen MR) is 133 cm³/mol. The maximum atomic E-state index is 12.9. The van der Waals surface area contributed by atoms with E-state index in [4.69, 9.17) is 23.2 Å². The van der Waals surface area contributed by atoms with Crippen molar-refractivity contribution in [2.75, 3.05) is 22.6 Å². The Morgan fingerprint density at radius 3 is 2.14 bits per heavy atom. The van der Waals surface area contributed by atoms with E-state index in [2.05, 4.69) is 15.4 Å². The first-order valence-corrected chi connectivity index (χ1v) is 10.9. The number of anilines is 3. The number of esters is 1. The second kappa shape index (κ2) is 10.0. The van der Waals surface area contributed by atoms with E-state index < -0.39 is 23.7 Å². The van der Waals surface area contributed by atoms with Gasteiger partial charge >= 0.3 is 5.97 Å². The molecular formula is C25H17Cl2N3O5. The van der Waals surface area contributed by atoms with E-state index in [9.17, 15) is 19.2 Å². The Bertz CT molecular complexity index is 1390. The van der Waals surface area contributed by atoms with Gasteiger partial charge in [0, 0.05) is 22.0 Å². The fourth-order valence-electron chi connectivity index (χ4n) is 3.36. The molecule has 2 N–H and O–H groups in total. The topological polar surface area (TPSA) is 105 Å². The van der Waals surface area contributed by atoms with E-state index in [0.29, 0.717) is 22.1 Å². The van der Waals surface area contributed by atoms with Gasteiger partial charge in [-0.15, -0.1) is 0 Å². The lowest BCUT2D eigenvalue weighted by Crippen LogP contribution is -2.32. The molecule has 0 saturated heterocycles. The van der Waals surface area contributed by atoms with E-state index in [1.54, 1.807) is 48.5 Å². The van der Waals surface area contributed by atoms with Gasteiger partial charge in [0.2, 0.25) is 0 Å². The lowest BCUT2D eigenvalue weighted by Gasteiger charge is -2.15. The van der Waals surface area contributed by atoms with Crippen LogP contribution < -0.4 is 15.5 Å². The number of imide groups is 1. The molecule has 0 saturated carbocycles. The van der Waals surface area contributed by atoms with Gasteiger partial charge in [0.1, 0.15) is 10.7 Å². The summed E-state index contributed by atoms with van der Waals surface area (Å²) in [6.07, 6.45) is 0. The molecule has 0 radical (unpaired) electrons. The van der Waals surface area contributed by atoms with Gasteiger partial charge in [-0.05, 0) is 60.7 Å². The molecule has 0 fully saturated rings. The van der Waals surface area contributed by atoms with Crippen molar-refractivity contribution in [3.05, 3.63) is 99.7 Å². The minimum atomic E-state index is -0.680. The predicted octanol–water partition coefficient (Wildman–Crippen LogP) is 4.81. The normalized spacial score (nSPS) is 13.2. The second-order valence-electron chi connectivity index (χ2n) is 7.34. The standard InChI is InChI=1S/C25H17Cl2N3O5/c1-35-25(34)15-5-3-7-18(13-15)29-22(31)14-4-2-6-17(12-14)28-21-20(27)23(32)30(24(21)33)19-10-8-16(26)9-11-19/h2-13,28H,1H3,(H,29,31). The zero-order valence-electron chi connectivity index (χ0n) is 18.2. The largest absolute Gasteiger partial charge is 0.465 e. The first kappa shape index (κ1) is 24.0. The average Bonchev–Trinajstić information content (AvgIpc) is 3.07. The van der Waals surface area contributed by atoms with Crippen LogP contribution in [0.3, 0.4) is 0 Å². The quantitative estimate of drug-likeness (QED) is 0.364. The van der Waals surface area contributed by atoms with E-state index in [1.807, 2.05) is 0 Å². The molecule has 3 aromatic rings. The molecule has 0 unspecified atom stereocenters. The lowest BCUT2D eigenvalue weighted by molar-refractivity contribution is -0.120. The van der Waals surface area contributed by atoms with Crippen LogP contribution in [0.1, 0.15) is 20.7 Å². The van der Waals surface area contributed by atoms with Crippen LogP contribution in [0, 0.1) is 0 Å². The number of carbonyl (C=O) groups is 4. The third kappa shape index (κ3) is 5.03. The number of carbonyl (C=O) groups excluding carboxylic acids is 4. The zero-order valence-corrected chi connectivity index (χ0v) is 19.7. The van der Waals surface area contributed by atoms with Crippen molar-refractivity contribution in [1.29, 1.82) is 0 Å². The Balaban J connectivity index is 1.52. The second-order valence-corrected chi connectivity index (χ2v) is 8.16. The summed E-state index contributed by atoms with van der Waals surface area (Å²) in [5.74, 6) is -2.30. The summed E-state index contributed by atoms with van der Waals surface area (Å²) in [4.78, 5) is 51.0. The van der Waals surface area contributed by atoms with Crippen LogP contribution in [0.2, 0.25) is 5.02 Å². The molecule has 1 aliphatic rings. The van der Waals surface area contributed by atoms with Crippen LogP contribution in [0.15, 0.2) is 83.5 Å². The maximum Gasteiger partial charge on any atom is 0.337 e. The molecule has 1 heterocycles. The first-order chi connectivity index (χ1) is 16.8. The zero-order chi connectivity index (χ0) is 25.1. The molecule has 0 aromatic heterocycles. The van der Waals surface area contributed by atoms with Gasteiger partial charge in [0.05, 0.1) is 18.4 Å². The van der Waals surface area contributed by atoms with E-state index in [1.165, 1.54) is 31.4 Å². The van der Waals surface area contributed by atoms with Gasteiger partial charge in [-0.3, -0.25) is 14.4 Å². The van der Waals surface area contributed by atoms with Crippen molar-refractivity contribution >= 4 is 64.0 Å². The van der Waals surface area contributed by atoms with Crippen LogP contribution in [0.4, 0.5) is 17.1 Å². The SMILES string of the molecule is COC(=O)c1cccc(NC(=O)c2cccc(NC3=C(Cl)C(=O)N(c4ccc(Cl)cc4)C3=O)c2)c1. The molecule has 35 heavy (non-hydrogen) atoms. The van der Waals surface area contributed by atoms with Crippen LogP contribution in [0.5, 0.6) is 0 Å². The molecular weight excluding hydrogens is 493 g/mol. The smallest absolute Gasteiger partial charge is 0.337 e. The molecule has 4 rings (SSSR count). The summed E-state index contributed by atoms with van der Waals surface area (Å²) in [7, 11) is 1.27. The fraction of sp³-hybridized carbons (Fsp3) is 0.0400. The number of benzene rings is 3. The molecule has 3 amide bonds. The molecule has 10 heteroatoms. The Morgan fingerprint density at radius 2 is 1.46 bits per heavy atom. The molecule has 0 atom stereocenters.